The second kappa shape index (κ2) is 6.72. The van der Waals surface area contributed by atoms with Crippen LogP contribution in [0.5, 0.6) is 0 Å². The molecule has 0 aliphatic heterocycles. The molecule has 2 unspecified atom stereocenters. The van der Waals surface area contributed by atoms with Gasteiger partial charge in [0.25, 0.3) is 0 Å². The first-order valence-corrected chi connectivity index (χ1v) is 7.09. The van der Waals surface area contributed by atoms with Crippen LogP contribution in [0.2, 0.25) is 0 Å². The van der Waals surface area contributed by atoms with Gasteiger partial charge in [0.1, 0.15) is 0 Å². The van der Waals surface area contributed by atoms with Crippen LogP contribution in [0.4, 0.5) is 0 Å². The van der Waals surface area contributed by atoms with Crippen LogP contribution in [0.1, 0.15) is 47.0 Å². The van der Waals surface area contributed by atoms with Crippen molar-refractivity contribution in [1.82, 2.24) is 4.90 Å². The Morgan fingerprint density at radius 3 is 2.18 bits per heavy atom. The predicted molar refractivity (Wildman–Crippen MR) is 72.9 cm³/mol. The Morgan fingerprint density at radius 1 is 1.24 bits per heavy atom. The van der Waals surface area contributed by atoms with Gasteiger partial charge in [-0.05, 0) is 37.6 Å². The Balaban J connectivity index is 2.59. The molecular formula is C14H30N2O. The lowest BCUT2D eigenvalue weighted by molar-refractivity contribution is 0.0809. The lowest BCUT2D eigenvalue weighted by Gasteiger charge is -2.36. The van der Waals surface area contributed by atoms with Crippen LogP contribution in [-0.2, 0) is 0 Å². The normalized spacial score (nSPS) is 20.3. The molecule has 0 amide bonds. The maximum atomic E-state index is 9.64. The molecule has 0 heterocycles. The minimum absolute atomic E-state index is 0.0766. The monoisotopic (exact) mass is 242 g/mol. The summed E-state index contributed by atoms with van der Waals surface area (Å²) < 4.78 is 0. The summed E-state index contributed by atoms with van der Waals surface area (Å²) in [5.74, 6) is 1.14. The topological polar surface area (TPSA) is 49.5 Å². The Bertz CT molecular complexity index is 214. The third-order valence-electron chi connectivity index (χ3n) is 3.81. The highest BCUT2D eigenvalue weighted by atomic mass is 16.3. The van der Waals surface area contributed by atoms with Gasteiger partial charge in [-0.25, -0.2) is 0 Å². The smallest absolute Gasteiger partial charge is 0.0602 e. The molecule has 17 heavy (non-hydrogen) atoms. The molecule has 3 nitrogen and oxygen atoms in total. The second-order valence-electron chi connectivity index (χ2n) is 6.22. The number of hydrogen-bond donors (Lipinski definition) is 2. The fourth-order valence-electron chi connectivity index (χ4n) is 2.32. The molecular weight excluding hydrogens is 212 g/mol. The standard InChI is InChI=1S/C14H30N2O/c1-10(2)7-8-16(12-5-6-12)13(9-17)14(15)11(3)4/h10-14,17H,5-9,15H2,1-4H3. The van der Waals surface area contributed by atoms with E-state index in [2.05, 4.69) is 32.6 Å². The van der Waals surface area contributed by atoms with E-state index in [9.17, 15) is 5.11 Å². The number of aliphatic hydroxyl groups excluding tert-OH is 1. The van der Waals surface area contributed by atoms with Crippen LogP contribution >= 0.6 is 0 Å². The molecule has 1 aliphatic rings. The Hall–Kier alpha value is -0.120. The lowest BCUT2D eigenvalue weighted by Crippen LogP contribution is -2.53. The molecule has 1 rings (SSSR count). The van der Waals surface area contributed by atoms with Gasteiger partial charge in [0.05, 0.1) is 6.61 Å². The molecule has 0 aromatic carbocycles. The van der Waals surface area contributed by atoms with Crippen LogP contribution in [0.25, 0.3) is 0 Å². The Morgan fingerprint density at radius 2 is 1.82 bits per heavy atom. The Labute approximate surface area is 106 Å². The highest BCUT2D eigenvalue weighted by Gasteiger charge is 2.36. The highest BCUT2D eigenvalue weighted by molar-refractivity contribution is 4.93. The van der Waals surface area contributed by atoms with Gasteiger partial charge in [-0.3, -0.25) is 4.90 Å². The van der Waals surface area contributed by atoms with Gasteiger partial charge in [0, 0.05) is 18.1 Å². The van der Waals surface area contributed by atoms with Gasteiger partial charge in [-0.2, -0.15) is 0 Å². The van der Waals surface area contributed by atoms with Gasteiger partial charge in [-0.1, -0.05) is 27.7 Å². The largest absolute Gasteiger partial charge is 0.395 e. The third-order valence-corrected chi connectivity index (χ3v) is 3.81. The maximum absolute atomic E-state index is 9.64. The average Bonchev–Trinajstić information content (AvgIpc) is 3.06. The van der Waals surface area contributed by atoms with Crippen molar-refractivity contribution in [3.63, 3.8) is 0 Å². The SMILES string of the molecule is CC(C)CCN(C1CC1)C(CO)C(N)C(C)C. The average molecular weight is 242 g/mol. The summed E-state index contributed by atoms with van der Waals surface area (Å²) in [7, 11) is 0. The first-order chi connectivity index (χ1) is 7.97. The van der Waals surface area contributed by atoms with Gasteiger partial charge in [0.15, 0.2) is 0 Å². The van der Waals surface area contributed by atoms with Gasteiger partial charge in [0.2, 0.25) is 0 Å². The van der Waals surface area contributed by atoms with Gasteiger partial charge in [-0.15, -0.1) is 0 Å². The minimum Gasteiger partial charge on any atom is -0.395 e. The summed E-state index contributed by atoms with van der Waals surface area (Å²) >= 11 is 0. The van der Waals surface area contributed by atoms with E-state index in [-0.39, 0.29) is 18.7 Å². The number of nitrogens with zero attached hydrogens (tertiary/aromatic N) is 1. The molecule has 0 aromatic heterocycles. The van der Waals surface area contributed by atoms with E-state index >= 15 is 0 Å². The van der Waals surface area contributed by atoms with E-state index in [0.717, 1.165) is 6.54 Å². The molecule has 0 spiro atoms. The molecule has 0 saturated heterocycles. The molecule has 0 aromatic rings. The summed E-state index contributed by atoms with van der Waals surface area (Å²) in [5, 5.41) is 9.64. The fourth-order valence-corrected chi connectivity index (χ4v) is 2.32. The highest BCUT2D eigenvalue weighted by Crippen LogP contribution is 2.30. The lowest BCUT2D eigenvalue weighted by atomic mass is 9.96. The predicted octanol–water partition coefficient (Wildman–Crippen LogP) is 1.84. The third kappa shape index (κ3) is 4.57. The first-order valence-electron chi connectivity index (χ1n) is 7.09. The van der Waals surface area contributed by atoms with Gasteiger partial charge < -0.3 is 10.8 Å². The summed E-state index contributed by atoms with van der Waals surface area (Å²) in [5.41, 5.74) is 6.24. The molecule has 3 N–H and O–H groups in total. The van der Waals surface area contributed by atoms with E-state index in [1.165, 1.54) is 19.3 Å². The number of aliphatic hydroxyl groups is 1. The zero-order valence-electron chi connectivity index (χ0n) is 11.9. The van der Waals surface area contributed by atoms with Crippen LogP contribution in [0, 0.1) is 11.8 Å². The van der Waals surface area contributed by atoms with Crippen molar-refractivity contribution in [1.29, 1.82) is 0 Å². The van der Waals surface area contributed by atoms with Crippen molar-refractivity contribution >= 4 is 0 Å². The molecule has 3 heteroatoms. The van der Waals surface area contributed by atoms with Crippen molar-refractivity contribution < 1.29 is 5.11 Å². The zero-order chi connectivity index (χ0) is 13.0. The number of nitrogens with two attached hydrogens (primary N) is 1. The maximum Gasteiger partial charge on any atom is 0.0602 e. The summed E-state index contributed by atoms with van der Waals surface area (Å²) in [6.45, 7) is 10.0. The molecule has 0 bridgehead atoms. The van der Waals surface area contributed by atoms with Crippen LogP contribution in [0.3, 0.4) is 0 Å². The summed E-state index contributed by atoms with van der Waals surface area (Å²) in [4.78, 5) is 2.46. The van der Waals surface area contributed by atoms with Crippen molar-refractivity contribution in [3.8, 4) is 0 Å². The Kier molecular flexibility index (Phi) is 5.90. The summed E-state index contributed by atoms with van der Waals surface area (Å²) in [6.07, 6.45) is 3.75. The van der Waals surface area contributed by atoms with Crippen molar-refractivity contribution in [2.24, 2.45) is 17.6 Å². The first kappa shape index (κ1) is 14.9. The van der Waals surface area contributed by atoms with Crippen LogP contribution in [0.15, 0.2) is 0 Å². The van der Waals surface area contributed by atoms with Gasteiger partial charge >= 0.3 is 0 Å². The summed E-state index contributed by atoms with van der Waals surface area (Å²) in [6, 6.07) is 0.893. The number of rotatable bonds is 8. The van der Waals surface area contributed by atoms with Crippen molar-refractivity contribution in [2.45, 2.75) is 65.1 Å². The fraction of sp³-hybridized carbons (Fsp3) is 1.00. The number of hydrogen-bond acceptors (Lipinski definition) is 3. The zero-order valence-corrected chi connectivity index (χ0v) is 11.9. The second-order valence-corrected chi connectivity index (χ2v) is 6.22. The van der Waals surface area contributed by atoms with E-state index in [1.807, 2.05) is 0 Å². The van der Waals surface area contributed by atoms with Crippen LogP contribution < -0.4 is 5.73 Å². The van der Waals surface area contributed by atoms with Crippen molar-refractivity contribution in [3.05, 3.63) is 0 Å². The molecule has 1 fully saturated rings. The van der Waals surface area contributed by atoms with Crippen molar-refractivity contribution in [2.75, 3.05) is 13.2 Å². The van der Waals surface area contributed by atoms with E-state index in [0.29, 0.717) is 17.9 Å². The molecule has 2 atom stereocenters. The minimum atomic E-state index is 0.0766. The molecule has 0 radical (unpaired) electrons. The quantitative estimate of drug-likeness (QED) is 0.683. The van der Waals surface area contributed by atoms with Crippen LogP contribution in [-0.4, -0.2) is 41.3 Å². The molecule has 1 saturated carbocycles. The molecule has 102 valence electrons. The van der Waals surface area contributed by atoms with E-state index in [1.54, 1.807) is 0 Å². The van der Waals surface area contributed by atoms with E-state index in [4.69, 9.17) is 5.73 Å². The molecule has 1 aliphatic carbocycles. The van der Waals surface area contributed by atoms with E-state index < -0.39 is 0 Å².